The predicted octanol–water partition coefficient (Wildman–Crippen LogP) is 2.71. The van der Waals surface area contributed by atoms with Crippen LogP contribution < -0.4 is 5.32 Å². The van der Waals surface area contributed by atoms with E-state index in [9.17, 15) is 18.4 Å². The standard InChI is InChI=1S/C21H22F2N2O2/c22-18-7-5-15(6-8-18)9-11-24-21(27)17-13-20(26)25(14-17)12-10-16-3-1-2-4-19(16)23/h1-8,17H,9-14H2,(H,24,27). The van der Waals surface area contributed by atoms with E-state index < -0.39 is 0 Å². The quantitative estimate of drug-likeness (QED) is 0.813. The Morgan fingerprint density at radius 3 is 2.56 bits per heavy atom. The molecule has 1 atom stereocenters. The van der Waals surface area contributed by atoms with Gasteiger partial charge in [0, 0.05) is 26.1 Å². The van der Waals surface area contributed by atoms with Gasteiger partial charge in [0.25, 0.3) is 0 Å². The minimum Gasteiger partial charge on any atom is -0.355 e. The van der Waals surface area contributed by atoms with Crippen LogP contribution in [0.25, 0.3) is 0 Å². The molecule has 1 unspecified atom stereocenters. The first kappa shape index (κ1) is 19.0. The molecule has 0 bridgehead atoms. The molecule has 142 valence electrons. The maximum atomic E-state index is 13.7. The van der Waals surface area contributed by atoms with Gasteiger partial charge in [0.1, 0.15) is 11.6 Å². The molecule has 0 radical (unpaired) electrons. The number of benzene rings is 2. The van der Waals surface area contributed by atoms with Gasteiger partial charge in [-0.2, -0.15) is 0 Å². The summed E-state index contributed by atoms with van der Waals surface area (Å²) in [4.78, 5) is 26.1. The molecule has 4 nitrogen and oxygen atoms in total. The van der Waals surface area contributed by atoms with Crippen molar-refractivity contribution in [2.24, 2.45) is 5.92 Å². The zero-order chi connectivity index (χ0) is 19.2. The van der Waals surface area contributed by atoms with Gasteiger partial charge in [-0.05, 0) is 42.2 Å². The van der Waals surface area contributed by atoms with Gasteiger partial charge in [-0.15, -0.1) is 0 Å². The molecule has 1 aliphatic rings. The molecule has 3 rings (SSSR count). The van der Waals surface area contributed by atoms with Gasteiger partial charge in [-0.3, -0.25) is 9.59 Å². The molecule has 1 fully saturated rings. The fourth-order valence-corrected chi connectivity index (χ4v) is 3.25. The number of likely N-dealkylation sites (tertiary alicyclic amines) is 1. The van der Waals surface area contributed by atoms with E-state index in [1.807, 2.05) is 0 Å². The lowest BCUT2D eigenvalue weighted by atomic mass is 10.1. The predicted molar refractivity (Wildman–Crippen MR) is 97.9 cm³/mol. The number of hydrogen-bond acceptors (Lipinski definition) is 2. The van der Waals surface area contributed by atoms with Gasteiger partial charge in [-0.1, -0.05) is 30.3 Å². The molecule has 0 aliphatic carbocycles. The number of rotatable bonds is 7. The fourth-order valence-electron chi connectivity index (χ4n) is 3.25. The van der Waals surface area contributed by atoms with E-state index in [2.05, 4.69) is 5.32 Å². The van der Waals surface area contributed by atoms with Crippen LogP contribution >= 0.6 is 0 Å². The lowest BCUT2D eigenvalue weighted by Crippen LogP contribution is -2.34. The van der Waals surface area contributed by atoms with E-state index in [1.165, 1.54) is 18.2 Å². The lowest BCUT2D eigenvalue weighted by molar-refractivity contribution is -0.129. The summed E-state index contributed by atoms with van der Waals surface area (Å²) in [6.45, 7) is 1.19. The van der Waals surface area contributed by atoms with Gasteiger partial charge in [0.2, 0.25) is 11.8 Å². The second-order valence-corrected chi connectivity index (χ2v) is 6.75. The summed E-state index contributed by atoms with van der Waals surface area (Å²) in [6.07, 6.45) is 1.21. The number of amides is 2. The average molecular weight is 372 g/mol. The Labute approximate surface area is 157 Å². The third-order valence-electron chi connectivity index (χ3n) is 4.82. The maximum absolute atomic E-state index is 13.7. The van der Waals surface area contributed by atoms with Gasteiger partial charge >= 0.3 is 0 Å². The Morgan fingerprint density at radius 1 is 1.07 bits per heavy atom. The van der Waals surface area contributed by atoms with Gasteiger partial charge in [0.15, 0.2) is 0 Å². The van der Waals surface area contributed by atoms with Crippen LogP contribution in [0, 0.1) is 17.6 Å². The second-order valence-electron chi connectivity index (χ2n) is 6.75. The van der Waals surface area contributed by atoms with E-state index in [0.717, 1.165) is 5.56 Å². The molecule has 0 spiro atoms. The number of halogens is 2. The molecule has 2 amide bonds. The zero-order valence-electron chi connectivity index (χ0n) is 15.0. The maximum Gasteiger partial charge on any atom is 0.225 e. The third-order valence-corrected chi connectivity index (χ3v) is 4.82. The van der Waals surface area contributed by atoms with E-state index in [1.54, 1.807) is 35.2 Å². The highest BCUT2D eigenvalue weighted by Crippen LogP contribution is 2.19. The Kier molecular flexibility index (Phi) is 6.16. The molecule has 2 aromatic carbocycles. The van der Waals surface area contributed by atoms with Crippen molar-refractivity contribution in [3.05, 3.63) is 71.3 Å². The number of nitrogens with zero attached hydrogens (tertiary/aromatic N) is 1. The molecule has 2 aromatic rings. The topological polar surface area (TPSA) is 49.4 Å². The summed E-state index contributed by atoms with van der Waals surface area (Å²) in [7, 11) is 0. The minimum absolute atomic E-state index is 0.0787. The highest BCUT2D eigenvalue weighted by Gasteiger charge is 2.33. The number of hydrogen-bond donors (Lipinski definition) is 1. The van der Waals surface area contributed by atoms with Crippen molar-refractivity contribution in [3.63, 3.8) is 0 Å². The highest BCUT2D eigenvalue weighted by atomic mass is 19.1. The molecule has 1 saturated heterocycles. The third kappa shape index (κ3) is 5.12. The smallest absolute Gasteiger partial charge is 0.225 e. The van der Waals surface area contributed by atoms with Crippen LogP contribution in [0.4, 0.5) is 8.78 Å². The summed E-state index contributed by atoms with van der Waals surface area (Å²) in [6, 6.07) is 12.7. The normalized spacial score (nSPS) is 16.6. The molecule has 1 aliphatic heterocycles. The van der Waals surface area contributed by atoms with Crippen molar-refractivity contribution in [1.82, 2.24) is 10.2 Å². The van der Waals surface area contributed by atoms with Crippen molar-refractivity contribution in [2.45, 2.75) is 19.3 Å². The second kappa shape index (κ2) is 8.75. The van der Waals surface area contributed by atoms with Crippen LogP contribution in [0.1, 0.15) is 17.5 Å². The van der Waals surface area contributed by atoms with Crippen molar-refractivity contribution in [2.75, 3.05) is 19.6 Å². The average Bonchev–Trinajstić information content (AvgIpc) is 3.03. The van der Waals surface area contributed by atoms with Crippen LogP contribution in [-0.2, 0) is 22.4 Å². The summed E-state index contributed by atoms with van der Waals surface area (Å²) in [5, 5.41) is 2.84. The minimum atomic E-state index is -0.383. The number of carbonyl (C=O) groups is 2. The Balaban J connectivity index is 1.44. The zero-order valence-corrected chi connectivity index (χ0v) is 15.0. The van der Waals surface area contributed by atoms with Crippen LogP contribution in [-0.4, -0.2) is 36.3 Å². The van der Waals surface area contributed by atoms with Crippen molar-refractivity contribution in [3.8, 4) is 0 Å². The summed E-state index contributed by atoms with van der Waals surface area (Å²) >= 11 is 0. The number of nitrogens with one attached hydrogen (secondary N) is 1. The van der Waals surface area contributed by atoms with Crippen LogP contribution in [0.3, 0.4) is 0 Å². The lowest BCUT2D eigenvalue weighted by Gasteiger charge is -2.17. The van der Waals surface area contributed by atoms with Gasteiger partial charge in [-0.25, -0.2) is 8.78 Å². The molecule has 1 N–H and O–H groups in total. The molecular formula is C21H22F2N2O2. The highest BCUT2D eigenvalue weighted by molar-refractivity contribution is 5.89. The largest absolute Gasteiger partial charge is 0.355 e. The molecule has 27 heavy (non-hydrogen) atoms. The number of carbonyl (C=O) groups excluding carboxylic acids is 2. The van der Waals surface area contributed by atoms with Gasteiger partial charge < -0.3 is 10.2 Å². The molecule has 0 aromatic heterocycles. The molecule has 1 heterocycles. The monoisotopic (exact) mass is 372 g/mol. The van der Waals surface area contributed by atoms with Crippen molar-refractivity contribution in [1.29, 1.82) is 0 Å². The molecule has 0 saturated carbocycles. The van der Waals surface area contributed by atoms with Crippen LogP contribution in [0.5, 0.6) is 0 Å². The Morgan fingerprint density at radius 2 is 1.81 bits per heavy atom. The van der Waals surface area contributed by atoms with E-state index in [0.29, 0.717) is 38.0 Å². The molecular weight excluding hydrogens is 350 g/mol. The Hall–Kier alpha value is -2.76. The summed E-state index contributed by atoms with van der Waals surface area (Å²) in [5.41, 5.74) is 1.50. The summed E-state index contributed by atoms with van der Waals surface area (Å²) < 4.78 is 26.6. The van der Waals surface area contributed by atoms with Crippen LogP contribution in [0.2, 0.25) is 0 Å². The molecule has 6 heteroatoms. The first-order valence-corrected chi connectivity index (χ1v) is 9.06. The SMILES string of the molecule is O=C(NCCc1ccc(F)cc1)C1CC(=O)N(CCc2ccccc2F)C1. The van der Waals surface area contributed by atoms with Gasteiger partial charge in [0.05, 0.1) is 5.92 Å². The first-order chi connectivity index (χ1) is 13.0. The summed E-state index contributed by atoms with van der Waals surface area (Å²) in [5.74, 6) is -1.18. The van der Waals surface area contributed by atoms with E-state index >= 15 is 0 Å². The van der Waals surface area contributed by atoms with Crippen LogP contribution in [0.15, 0.2) is 48.5 Å². The fraction of sp³-hybridized carbons (Fsp3) is 0.333. The Bertz CT molecular complexity index is 808. The first-order valence-electron chi connectivity index (χ1n) is 9.06. The van der Waals surface area contributed by atoms with Crippen molar-refractivity contribution >= 4 is 11.8 Å². The van der Waals surface area contributed by atoms with E-state index in [-0.39, 0.29) is 35.8 Å². The van der Waals surface area contributed by atoms with Crippen molar-refractivity contribution < 1.29 is 18.4 Å². The van der Waals surface area contributed by atoms with E-state index in [4.69, 9.17) is 0 Å².